The van der Waals surface area contributed by atoms with E-state index in [4.69, 9.17) is 9.47 Å². The first-order chi connectivity index (χ1) is 8.72. The largest absolute Gasteiger partial charge is 0.444 e. The first-order valence-corrected chi connectivity index (χ1v) is 6.69. The summed E-state index contributed by atoms with van der Waals surface area (Å²) in [5, 5.41) is 2.76. The van der Waals surface area contributed by atoms with Crippen molar-refractivity contribution >= 4 is 12.2 Å². The number of nitrogens with one attached hydrogen (secondary N) is 1. The molecule has 0 bridgehead atoms. The highest BCUT2D eigenvalue weighted by atomic mass is 16.6. The van der Waals surface area contributed by atoms with Crippen LogP contribution in [0.3, 0.4) is 0 Å². The van der Waals surface area contributed by atoms with Crippen molar-refractivity contribution in [2.45, 2.75) is 57.8 Å². The number of likely N-dealkylation sites (tertiary alicyclic amines) is 1. The van der Waals surface area contributed by atoms with Crippen molar-refractivity contribution in [1.82, 2.24) is 10.2 Å². The Bertz CT molecular complexity index is 381. The summed E-state index contributed by atoms with van der Waals surface area (Å²) < 4.78 is 10.7. The molecule has 1 N–H and O–H groups in total. The first kappa shape index (κ1) is 14.0. The maximum atomic E-state index is 11.9. The molecule has 6 heteroatoms. The molecule has 0 aromatic rings. The van der Waals surface area contributed by atoms with Gasteiger partial charge in [0.1, 0.15) is 11.2 Å². The Hall–Kier alpha value is -1.46. The second-order valence-electron chi connectivity index (χ2n) is 6.29. The van der Waals surface area contributed by atoms with Gasteiger partial charge in [0.15, 0.2) is 0 Å². The third-order valence-corrected chi connectivity index (χ3v) is 3.68. The molecule has 1 atom stereocenters. The number of hydrogen-bond acceptors (Lipinski definition) is 4. The van der Waals surface area contributed by atoms with E-state index in [1.807, 2.05) is 27.7 Å². The summed E-state index contributed by atoms with van der Waals surface area (Å²) in [6, 6.07) is -0.0132. The number of carbonyl (C=O) groups excluding carboxylic acids is 2. The highest BCUT2D eigenvalue weighted by Crippen LogP contribution is 2.34. The van der Waals surface area contributed by atoms with Crippen molar-refractivity contribution in [3.8, 4) is 0 Å². The number of carbonyl (C=O) groups is 2. The van der Waals surface area contributed by atoms with Gasteiger partial charge in [-0.25, -0.2) is 9.59 Å². The molecule has 1 unspecified atom stereocenters. The van der Waals surface area contributed by atoms with Crippen LogP contribution in [0.25, 0.3) is 0 Å². The minimum Gasteiger partial charge on any atom is -0.444 e. The van der Waals surface area contributed by atoms with Crippen LogP contribution in [-0.4, -0.2) is 47.4 Å². The summed E-state index contributed by atoms with van der Waals surface area (Å²) in [4.78, 5) is 24.9. The third kappa shape index (κ3) is 2.93. The molecule has 6 nitrogen and oxygen atoms in total. The smallest absolute Gasteiger partial charge is 0.410 e. The Morgan fingerprint density at radius 1 is 1.42 bits per heavy atom. The second kappa shape index (κ2) is 4.58. The number of rotatable bonds is 0. The van der Waals surface area contributed by atoms with Gasteiger partial charge in [0.05, 0.1) is 6.04 Å². The van der Waals surface area contributed by atoms with Crippen LogP contribution in [0.2, 0.25) is 0 Å². The molecule has 2 rings (SSSR count). The maximum Gasteiger partial charge on any atom is 0.410 e. The van der Waals surface area contributed by atoms with Crippen LogP contribution >= 0.6 is 0 Å². The molecule has 0 aliphatic carbocycles. The Morgan fingerprint density at radius 3 is 2.42 bits per heavy atom. The fourth-order valence-corrected chi connectivity index (χ4v) is 2.54. The zero-order valence-corrected chi connectivity index (χ0v) is 12.0. The van der Waals surface area contributed by atoms with Gasteiger partial charge in [0.25, 0.3) is 0 Å². The van der Waals surface area contributed by atoms with E-state index >= 15 is 0 Å². The van der Waals surface area contributed by atoms with Gasteiger partial charge in [0.2, 0.25) is 0 Å². The third-order valence-electron chi connectivity index (χ3n) is 3.68. The van der Waals surface area contributed by atoms with Gasteiger partial charge in [-0.3, -0.25) is 0 Å². The highest BCUT2D eigenvalue weighted by Gasteiger charge is 2.49. The molecule has 2 heterocycles. The van der Waals surface area contributed by atoms with Crippen LogP contribution in [0.1, 0.15) is 40.5 Å². The van der Waals surface area contributed by atoms with Crippen molar-refractivity contribution in [2.24, 2.45) is 0 Å². The minimum atomic E-state index is -0.485. The molecule has 2 aliphatic rings. The quantitative estimate of drug-likeness (QED) is 0.730. The topological polar surface area (TPSA) is 67.9 Å². The summed E-state index contributed by atoms with van der Waals surface area (Å²) in [5.41, 5.74) is -0.948. The van der Waals surface area contributed by atoms with E-state index in [0.29, 0.717) is 25.9 Å². The summed E-state index contributed by atoms with van der Waals surface area (Å²) in [7, 11) is 0. The van der Waals surface area contributed by atoms with Crippen LogP contribution in [0, 0.1) is 0 Å². The van der Waals surface area contributed by atoms with Gasteiger partial charge in [-0.2, -0.15) is 0 Å². The molecule has 0 aromatic carbocycles. The molecule has 108 valence electrons. The number of piperidine rings is 1. The molecule has 0 aromatic heterocycles. The van der Waals surface area contributed by atoms with E-state index in [1.165, 1.54) is 0 Å². The van der Waals surface area contributed by atoms with E-state index in [1.54, 1.807) is 4.90 Å². The average Bonchev–Trinajstić information content (AvgIpc) is 2.52. The van der Waals surface area contributed by atoms with E-state index in [0.717, 1.165) is 0 Å². The minimum absolute atomic E-state index is 0.0132. The lowest BCUT2D eigenvalue weighted by atomic mass is 9.86. The molecular weight excluding hydrogens is 248 g/mol. The lowest BCUT2D eigenvalue weighted by Gasteiger charge is -2.39. The van der Waals surface area contributed by atoms with Crippen molar-refractivity contribution in [2.75, 3.05) is 13.1 Å². The normalized spacial score (nSPS) is 26.0. The van der Waals surface area contributed by atoms with Crippen LogP contribution in [0.5, 0.6) is 0 Å². The molecular formula is C13H22N2O4. The van der Waals surface area contributed by atoms with Gasteiger partial charge in [-0.15, -0.1) is 0 Å². The maximum absolute atomic E-state index is 11.9. The number of alkyl carbamates (subject to hydrolysis) is 1. The first-order valence-electron chi connectivity index (χ1n) is 6.69. The molecule has 2 aliphatic heterocycles. The van der Waals surface area contributed by atoms with E-state index in [-0.39, 0.29) is 18.2 Å². The van der Waals surface area contributed by atoms with Gasteiger partial charge < -0.3 is 19.7 Å². The Balaban J connectivity index is 1.92. The Labute approximate surface area is 113 Å². The Kier molecular flexibility index (Phi) is 3.36. The van der Waals surface area contributed by atoms with Gasteiger partial charge >= 0.3 is 12.2 Å². The fourth-order valence-electron chi connectivity index (χ4n) is 2.54. The zero-order chi connectivity index (χ0) is 14.3. The number of nitrogens with zero attached hydrogens (tertiary/aromatic N) is 1. The van der Waals surface area contributed by atoms with Crippen LogP contribution in [0.4, 0.5) is 9.59 Å². The lowest BCUT2D eigenvalue weighted by Crippen LogP contribution is -2.52. The molecule has 2 fully saturated rings. The average molecular weight is 270 g/mol. The predicted octanol–water partition coefficient (Wildman–Crippen LogP) is 1.88. The predicted molar refractivity (Wildman–Crippen MR) is 68.9 cm³/mol. The summed E-state index contributed by atoms with van der Waals surface area (Å²) in [6.45, 7) is 8.58. The molecule has 0 radical (unpaired) electrons. The molecule has 19 heavy (non-hydrogen) atoms. The number of ether oxygens (including phenoxy) is 2. The van der Waals surface area contributed by atoms with Crippen LogP contribution < -0.4 is 5.32 Å². The van der Waals surface area contributed by atoms with Gasteiger partial charge in [0, 0.05) is 25.9 Å². The molecule has 0 saturated carbocycles. The van der Waals surface area contributed by atoms with E-state index in [9.17, 15) is 9.59 Å². The molecule has 1 spiro atoms. The van der Waals surface area contributed by atoms with Gasteiger partial charge in [-0.1, -0.05) is 0 Å². The molecule has 2 saturated heterocycles. The SMILES string of the molecule is CC1NC(=O)OC12CCN(C(=O)OC(C)(C)C)CC2. The Morgan fingerprint density at radius 2 is 2.00 bits per heavy atom. The summed E-state index contributed by atoms with van der Waals surface area (Å²) >= 11 is 0. The highest BCUT2D eigenvalue weighted by molar-refractivity contribution is 5.71. The lowest BCUT2D eigenvalue weighted by molar-refractivity contribution is -0.0273. The van der Waals surface area contributed by atoms with Crippen LogP contribution in [-0.2, 0) is 9.47 Å². The van der Waals surface area contributed by atoms with E-state index < -0.39 is 11.2 Å². The standard InChI is InChI=1S/C13H22N2O4/c1-9-13(18-10(16)14-9)5-7-15(8-6-13)11(17)19-12(2,3)4/h9H,5-8H2,1-4H3,(H,14,16). The fraction of sp³-hybridized carbons (Fsp3) is 0.846. The van der Waals surface area contributed by atoms with Gasteiger partial charge in [-0.05, 0) is 27.7 Å². The monoisotopic (exact) mass is 270 g/mol. The van der Waals surface area contributed by atoms with Crippen molar-refractivity contribution in [3.05, 3.63) is 0 Å². The summed E-state index contributed by atoms with van der Waals surface area (Å²) in [5.74, 6) is 0. The van der Waals surface area contributed by atoms with Crippen LogP contribution in [0.15, 0.2) is 0 Å². The number of hydrogen-bond donors (Lipinski definition) is 1. The van der Waals surface area contributed by atoms with Crippen molar-refractivity contribution in [1.29, 1.82) is 0 Å². The molecule has 2 amide bonds. The zero-order valence-electron chi connectivity index (χ0n) is 12.0. The van der Waals surface area contributed by atoms with E-state index in [2.05, 4.69) is 5.32 Å². The second-order valence-corrected chi connectivity index (χ2v) is 6.29. The van der Waals surface area contributed by atoms with Crippen molar-refractivity contribution in [3.63, 3.8) is 0 Å². The number of amides is 2. The summed E-state index contributed by atoms with van der Waals surface area (Å²) in [6.07, 6.45) is 0.628. The van der Waals surface area contributed by atoms with Crippen molar-refractivity contribution < 1.29 is 19.1 Å².